The molecule has 4 heteroatoms. The Labute approximate surface area is 202 Å². The normalized spacial score (nSPS) is 13.9. The largest absolute Gasteiger partial charge is 0.356 e. The van der Waals surface area contributed by atoms with Gasteiger partial charge in [-0.15, -0.1) is 0 Å². The third-order valence-corrected chi connectivity index (χ3v) is 6.33. The molecule has 0 aliphatic heterocycles. The monoisotopic (exact) mass is 453 g/mol. The van der Waals surface area contributed by atoms with Crippen LogP contribution in [-0.2, 0) is 0 Å². The minimum Gasteiger partial charge on any atom is -0.356 e. The van der Waals surface area contributed by atoms with Crippen LogP contribution in [-0.4, -0.2) is 24.1 Å². The lowest BCUT2D eigenvalue weighted by atomic mass is 9.92. The van der Waals surface area contributed by atoms with Crippen LogP contribution in [0.1, 0.15) is 41.7 Å². The predicted octanol–water partition coefficient (Wildman–Crippen LogP) is 6.41. The highest BCUT2D eigenvalue weighted by atomic mass is 32.1. The fourth-order valence-corrected chi connectivity index (χ4v) is 4.83. The number of fused-ring (bicyclic) bond motifs is 1. The average Bonchev–Trinajstić information content (AvgIpc) is 2.84. The lowest BCUT2D eigenvalue weighted by Gasteiger charge is -2.35. The first kappa shape index (κ1) is 23.0. The summed E-state index contributed by atoms with van der Waals surface area (Å²) >= 11 is 5.84. The van der Waals surface area contributed by atoms with E-state index < -0.39 is 0 Å². The second-order valence-corrected chi connectivity index (χ2v) is 9.02. The van der Waals surface area contributed by atoms with E-state index in [0.717, 1.165) is 0 Å². The molecule has 0 amide bonds. The fourth-order valence-electron chi connectivity index (χ4n) is 4.53. The van der Waals surface area contributed by atoms with E-state index in [1.54, 1.807) is 0 Å². The lowest BCUT2D eigenvalue weighted by molar-refractivity contribution is 0.246. The molecule has 4 aromatic carbocycles. The maximum atomic E-state index is 5.84. The summed E-state index contributed by atoms with van der Waals surface area (Å²) in [6.45, 7) is 2.16. The van der Waals surface area contributed by atoms with Crippen molar-refractivity contribution in [3.8, 4) is 0 Å². The highest BCUT2D eigenvalue weighted by Crippen LogP contribution is 2.33. The molecule has 4 aromatic rings. The SMILES string of the molecule is CC(NC(=S)NC(c1ccccc1)C(c1ccccc1)N(C)C)c1cccc2ccccc12. The van der Waals surface area contributed by atoms with Gasteiger partial charge in [-0.25, -0.2) is 0 Å². The number of thiocarbonyl (C=S) groups is 1. The van der Waals surface area contributed by atoms with E-state index in [9.17, 15) is 0 Å². The molecule has 33 heavy (non-hydrogen) atoms. The van der Waals surface area contributed by atoms with Crippen LogP contribution < -0.4 is 10.6 Å². The lowest BCUT2D eigenvalue weighted by Crippen LogP contribution is -2.43. The molecule has 0 aromatic heterocycles. The minimum absolute atomic E-state index is 0.0108. The number of benzene rings is 4. The Kier molecular flexibility index (Phi) is 7.38. The Morgan fingerprint density at radius 1 is 0.697 bits per heavy atom. The molecule has 3 unspecified atom stereocenters. The molecule has 0 saturated heterocycles. The van der Waals surface area contributed by atoms with E-state index in [1.807, 2.05) is 6.07 Å². The Bertz CT molecular complexity index is 1190. The molecular formula is C29H31N3S. The van der Waals surface area contributed by atoms with Crippen LogP contribution in [0.15, 0.2) is 103 Å². The van der Waals surface area contributed by atoms with Crippen molar-refractivity contribution in [1.82, 2.24) is 15.5 Å². The van der Waals surface area contributed by atoms with Crippen molar-refractivity contribution >= 4 is 28.1 Å². The van der Waals surface area contributed by atoms with E-state index in [-0.39, 0.29) is 18.1 Å². The van der Waals surface area contributed by atoms with Crippen molar-refractivity contribution in [2.75, 3.05) is 14.1 Å². The van der Waals surface area contributed by atoms with Gasteiger partial charge >= 0.3 is 0 Å². The molecule has 2 N–H and O–H groups in total. The van der Waals surface area contributed by atoms with Gasteiger partial charge in [-0.2, -0.15) is 0 Å². The first-order valence-electron chi connectivity index (χ1n) is 11.4. The van der Waals surface area contributed by atoms with Crippen LogP contribution in [0.4, 0.5) is 0 Å². The Morgan fingerprint density at radius 3 is 1.94 bits per heavy atom. The van der Waals surface area contributed by atoms with Crippen LogP contribution in [0.2, 0.25) is 0 Å². The maximum Gasteiger partial charge on any atom is 0.167 e. The van der Waals surface area contributed by atoms with Gasteiger partial charge in [0.1, 0.15) is 0 Å². The fraction of sp³-hybridized carbons (Fsp3) is 0.207. The summed E-state index contributed by atoms with van der Waals surface area (Å²) in [6, 6.07) is 36.2. The molecule has 0 aliphatic carbocycles. The summed E-state index contributed by atoms with van der Waals surface area (Å²) in [5.74, 6) is 0. The molecule has 4 rings (SSSR count). The van der Waals surface area contributed by atoms with Crippen molar-refractivity contribution < 1.29 is 0 Å². The minimum atomic E-state index is -0.0108. The van der Waals surface area contributed by atoms with Gasteiger partial charge in [0.25, 0.3) is 0 Å². The van der Waals surface area contributed by atoms with Gasteiger partial charge in [-0.3, -0.25) is 0 Å². The molecule has 0 saturated carbocycles. The first-order chi connectivity index (χ1) is 16.0. The summed E-state index contributed by atoms with van der Waals surface area (Å²) in [5, 5.41) is 10.3. The van der Waals surface area contributed by atoms with Crippen molar-refractivity contribution in [3.05, 3.63) is 120 Å². The number of nitrogens with zero attached hydrogens (tertiary/aromatic N) is 1. The highest BCUT2D eigenvalue weighted by Gasteiger charge is 2.27. The standard InChI is InChI=1S/C29H31N3S/c1-21(25-20-12-18-22-13-10-11-19-26(22)25)30-29(33)31-27(23-14-6-4-7-15-23)28(32(2)3)24-16-8-5-9-17-24/h4-21,27-28H,1-3H3,(H2,30,31,33). The second-order valence-electron chi connectivity index (χ2n) is 8.62. The van der Waals surface area contributed by atoms with Crippen molar-refractivity contribution in [1.29, 1.82) is 0 Å². The molecule has 0 fully saturated rings. The summed E-state index contributed by atoms with van der Waals surface area (Å²) in [6.07, 6.45) is 0. The van der Waals surface area contributed by atoms with Crippen LogP contribution in [0.25, 0.3) is 10.8 Å². The Hall–Kier alpha value is -3.21. The molecule has 0 bridgehead atoms. The van der Waals surface area contributed by atoms with Crippen LogP contribution in [0.5, 0.6) is 0 Å². The van der Waals surface area contributed by atoms with E-state index in [1.165, 1.54) is 27.5 Å². The van der Waals surface area contributed by atoms with Gasteiger partial charge in [-0.1, -0.05) is 103 Å². The van der Waals surface area contributed by atoms with Gasteiger partial charge in [0, 0.05) is 0 Å². The predicted molar refractivity (Wildman–Crippen MR) is 143 cm³/mol. The summed E-state index contributed by atoms with van der Waals surface area (Å²) < 4.78 is 0. The zero-order chi connectivity index (χ0) is 23.2. The summed E-state index contributed by atoms with van der Waals surface area (Å²) in [7, 11) is 4.23. The number of hydrogen-bond donors (Lipinski definition) is 2. The van der Waals surface area contributed by atoms with E-state index in [4.69, 9.17) is 12.2 Å². The van der Waals surface area contributed by atoms with Gasteiger partial charge in [-0.05, 0) is 60.7 Å². The van der Waals surface area contributed by atoms with E-state index in [2.05, 4.69) is 134 Å². The molecule has 0 aliphatic rings. The molecular weight excluding hydrogens is 422 g/mol. The molecule has 3 atom stereocenters. The van der Waals surface area contributed by atoms with Crippen LogP contribution in [0.3, 0.4) is 0 Å². The third kappa shape index (κ3) is 5.41. The number of hydrogen-bond acceptors (Lipinski definition) is 2. The topological polar surface area (TPSA) is 27.3 Å². The zero-order valence-electron chi connectivity index (χ0n) is 19.4. The Morgan fingerprint density at radius 2 is 1.27 bits per heavy atom. The van der Waals surface area contributed by atoms with Gasteiger partial charge in [0.2, 0.25) is 0 Å². The van der Waals surface area contributed by atoms with Crippen LogP contribution >= 0.6 is 12.2 Å². The quantitative estimate of drug-likeness (QED) is 0.316. The molecule has 0 radical (unpaired) electrons. The zero-order valence-corrected chi connectivity index (χ0v) is 20.2. The van der Waals surface area contributed by atoms with E-state index >= 15 is 0 Å². The second kappa shape index (κ2) is 10.6. The van der Waals surface area contributed by atoms with Gasteiger partial charge in [0.05, 0.1) is 18.1 Å². The van der Waals surface area contributed by atoms with Crippen molar-refractivity contribution in [2.45, 2.75) is 25.0 Å². The Balaban J connectivity index is 1.60. The summed E-state index contributed by atoms with van der Waals surface area (Å²) in [5.41, 5.74) is 3.68. The third-order valence-electron chi connectivity index (χ3n) is 6.10. The van der Waals surface area contributed by atoms with Gasteiger partial charge < -0.3 is 15.5 Å². The highest BCUT2D eigenvalue weighted by molar-refractivity contribution is 7.80. The molecule has 168 valence electrons. The summed E-state index contributed by atoms with van der Waals surface area (Å²) in [4.78, 5) is 2.25. The molecule has 0 heterocycles. The number of rotatable bonds is 7. The average molecular weight is 454 g/mol. The van der Waals surface area contributed by atoms with E-state index in [0.29, 0.717) is 5.11 Å². The number of likely N-dealkylation sites (N-methyl/N-ethyl adjacent to an activating group) is 1. The first-order valence-corrected chi connectivity index (χ1v) is 11.8. The van der Waals surface area contributed by atoms with Crippen molar-refractivity contribution in [3.63, 3.8) is 0 Å². The van der Waals surface area contributed by atoms with Crippen molar-refractivity contribution in [2.24, 2.45) is 0 Å². The smallest absolute Gasteiger partial charge is 0.167 e. The molecule has 3 nitrogen and oxygen atoms in total. The van der Waals surface area contributed by atoms with Crippen LogP contribution in [0, 0.1) is 0 Å². The molecule has 0 spiro atoms. The maximum absolute atomic E-state index is 5.84. The number of nitrogens with one attached hydrogen (secondary N) is 2. The van der Waals surface area contributed by atoms with Gasteiger partial charge in [0.15, 0.2) is 5.11 Å².